The van der Waals surface area contributed by atoms with E-state index in [0.29, 0.717) is 5.69 Å². The minimum atomic E-state index is -3.93. The Labute approximate surface area is 183 Å². The van der Waals surface area contributed by atoms with Gasteiger partial charge < -0.3 is 10.1 Å². The lowest BCUT2D eigenvalue weighted by Crippen LogP contribution is -2.45. The second-order valence-corrected chi connectivity index (χ2v) is 9.67. The van der Waals surface area contributed by atoms with Gasteiger partial charge in [-0.1, -0.05) is 31.4 Å². The largest absolute Gasteiger partial charge is 0.465 e. The standard InChI is InChI=1S/C23H28N2O5S/c1-17-7-6-8-19(15-17)24-22(26)16-25(20-9-4-3-5-10-20)31(28,29)21-13-11-18(12-14-21)23(27)30-2/h6-8,11-15,20H,3-5,9-10,16H2,1-2H3,(H,24,26). The third kappa shape index (κ3) is 5.71. The lowest BCUT2D eigenvalue weighted by molar-refractivity contribution is -0.116. The van der Waals surface area contributed by atoms with Crippen molar-refractivity contribution in [2.24, 2.45) is 0 Å². The van der Waals surface area contributed by atoms with Gasteiger partial charge in [0.25, 0.3) is 0 Å². The van der Waals surface area contributed by atoms with Crippen LogP contribution in [0.4, 0.5) is 5.69 Å². The molecular weight excluding hydrogens is 416 g/mol. The van der Waals surface area contributed by atoms with Gasteiger partial charge in [0.2, 0.25) is 15.9 Å². The molecule has 1 aliphatic carbocycles. The molecule has 1 aliphatic rings. The van der Waals surface area contributed by atoms with Crippen LogP contribution < -0.4 is 5.32 Å². The van der Waals surface area contributed by atoms with Crippen molar-refractivity contribution in [3.8, 4) is 0 Å². The molecule has 0 bridgehead atoms. The van der Waals surface area contributed by atoms with E-state index in [-0.39, 0.29) is 29.0 Å². The van der Waals surface area contributed by atoms with Gasteiger partial charge in [-0.2, -0.15) is 4.31 Å². The molecule has 0 unspecified atom stereocenters. The number of rotatable bonds is 7. The van der Waals surface area contributed by atoms with Crippen molar-refractivity contribution in [3.63, 3.8) is 0 Å². The summed E-state index contributed by atoms with van der Waals surface area (Å²) in [5, 5.41) is 2.80. The van der Waals surface area contributed by atoms with Gasteiger partial charge in [0.05, 0.1) is 24.1 Å². The molecule has 31 heavy (non-hydrogen) atoms. The number of methoxy groups -OCH3 is 1. The van der Waals surface area contributed by atoms with Crippen LogP contribution in [-0.2, 0) is 19.6 Å². The number of carbonyl (C=O) groups is 2. The van der Waals surface area contributed by atoms with E-state index in [4.69, 9.17) is 0 Å². The number of nitrogens with zero attached hydrogens (tertiary/aromatic N) is 1. The first-order valence-corrected chi connectivity index (χ1v) is 11.8. The Morgan fingerprint density at radius 2 is 1.74 bits per heavy atom. The van der Waals surface area contributed by atoms with E-state index in [1.54, 1.807) is 6.07 Å². The van der Waals surface area contributed by atoms with E-state index in [9.17, 15) is 18.0 Å². The number of benzene rings is 2. The summed E-state index contributed by atoms with van der Waals surface area (Å²) in [5.74, 6) is -0.920. The fourth-order valence-electron chi connectivity index (χ4n) is 3.86. The van der Waals surface area contributed by atoms with Gasteiger partial charge in [0, 0.05) is 11.7 Å². The fourth-order valence-corrected chi connectivity index (χ4v) is 5.50. The number of amides is 1. The number of aryl methyl sites for hydroxylation is 1. The van der Waals surface area contributed by atoms with Gasteiger partial charge in [0.1, 0.15) is 0 Å². The summed E-state index contributed by atoms with van der Waals surface area (Å²) < 4.78 is 32.9. The van der Waals surface area contributed by atoms with Gasteiger partial charge in [-0.15, -0.1) is 0 Å². The Morgan fingerprint density at radius 1 is 1.06 bits per heavy atom. The molecule has 1 saturated carbocycles. The molecule has 0 aromatic heterocycles. The van der Waals surface area contributed by atoms with Gasteiger partial charge in [-0.3, -0.25) is 4.79 Å². The maximum atomic E-state index is 13.5. The summed E-state index contributed by atoms with van der Waals surface area (Å²) in [5.41, 5.74) is 1.90. The molecule has 0 saturated heterocycles. The van der Waals surface area contributed by atoms with Crippen molar-refractivity contribution in [2.75, 3.05) is 19.0 Å². The predicted molar refractivity (Wildman–Crippen MR) is 118 cm³/mol. The predicted octanol–water partition coefficient (Wildman–Crippen LogP) is 3.74. The number of sulfonamides is 1. The number of ether oxygens (including phenoxy) is 1. The number of nitrogens with one attached hydrogen (secondary N) is 1. The SMILES string of the molecule is COC(=O)c1ccc(S(=O)(=O)N(CC(=O)Nc2cccc(C)c2)C2CCCCC2)cc1. The summed E-state index contributed by atoms with van der Waals surface area (Å²) >= 11 is 0. The number of anilines is 1. The maximum absolute atomic E-state index is 13.5. The first kappa shape index (κ1) is 23.0. The van der Waals surface area contributed by atoms with Crippen LogP contribution in [0.1, 0.15) is 48.0 Å². The smallest absolute Gasteiger partial charge is 0.337 e. The zero-order valence-electron chi connectivity index (χ0n) is 17.8. The van der Waals surface area contributed by atoms with Crippen molar-refractivity contribution >= 4 is 27.6 Å². The van der Waals surface area contributed by atoms with Crippen LogP contribution in [0.15, 0.2) is 53.4 Å². The molecule has 8 heteroatoms. The molecule has 7 nitrogen and oxygen atoms in total. The van der Waals surface area contributed by atoms with Crippen molar-refractivity contribution in [2.45, 2.75) is 50.0 Å². The summed E-state index contributed by atoms with van der Waals surface area (Å²) in [6, 6.07) is 12.7. The molecular formula is C23H28N2O5S. The number of hydrogen-bond donors (Lipinski definition) is 1. The van der Waals surface area contributed by atoms with Crippen LogP contribution in [0, 0.1) is 6.92 Å². The highest BCUT2D eigenvalue weighted by molar-refractivity contribution is 7.89. The van der Waals surface area contributed by atoms with Crippen molar-refractivity contribution < 1.29 is 22.7 Å². The monoisotopic (exact) mass is 444 g/mol. The Bertz CT molecular complexity index is 1030. The van der Waals surface area contributed by atoms with Gasteiger partial charge >= 0.3 is 5.97 Å². The second-order valence-electron chi connectivity index (χ2n) is 7.78. The van der Waals surface area contributed by atoms with Crippen molar-refractivity contribution in [1.29, 1.82) is 0 Å². The third-order valence-electron chi connectivity index (χ3n) is 5.47. The molecule has 0 radical (unpaired) electrons. The van der Waals surface area contributed by atoms with Gasteiger partial charge in [0.15, 0.2) is 0 Å². The Morgan fingerprint density at radius 3 is 2.35 bits per heavy atom. The minimum absolute atomic E-state index is 0.0501. The van der Waals surface area contributed by atoms with Gasteiger partial charge in [-0.05, 0) is 61.7 Å². The molecule has 3 rings (SSSR count). The highest BCUT2D eigenvalue weighted by Crippen LogP contribution is 2.28. The molecule has 1 amide bonds. The molecule has 166 valence electrons. The first-order chi connectivity index (χ1) is 14.8. The van der Waals surface area contributed by atoms with E-state index in [0.717, 1.165) is 37.7 Å². The number of esters is 1. The van der Waals surface area contributed by atoms with E-state index in [2.05, 4.69) is 10.1 Å². The average Bonchev–Trinajstić information content (AvgIpc) is 2.77. The topological polar surface area (TPSA) is 92.8 Å². The molecule has 0 spiro atoms. The quantitative estimate of drug-likeness (QED) is 0.657. The lowest BCUT2D eigenvalue weighted by Gasteiger charge is -2.33. The van der Waals surface area contributed by atoms with Crippen LogP contribution in [0.2, 0.25) is 0 Å². The van der Waals surface area contributed by atoms with Crippen LogP contribution in [0.25, 0.3) is 0 Å². The highest BCUT2D eigenvalue weighted by atomic mass is 32.2. The summed E-state index contributed by atoms with van der Waals surface area (Å²) in [6.45, 7) is 1.66. The Hall–Kier alpha value is -2.71. The number of carbonyl (C=O) groups excluding carboxylic acids is 2. The molecule has 1 fully saturated rings. The lowest BCUT2D eigenvalue weighted by atomic mass is 9.95. The molecule has 2 aromatic carbocycles. The Balaban J connectivity index is 1.85. The van der Waals surface area contributed by atoms with Crippen LogP contribution >= 0.6 is 0 Å². The average molecular weight is 445 g/mol. The normalized spacial score (nSPS) is 14.9. The minimum Gasteiger partial charge on any atom is -0.465 e. The zero-order valence-corrected chi connectivity index (χ0v) is 18.7. The second kappa shape index (κ2) is 10.1. The fraction of sp³-hybridized carbons (Fsp3) is 0.391. The maximum Gasteiger partial charge on any atom is 0.337 e. The summed E-state index contributed by atoms with van der Waals surface area (Å²) in [6.07, 6.45) is 4.36. The molecule has 0 heterocycles. The highest BCUT2D eigenvalue weighted by Gasteiger charge is 2.34. The van der Waals surface area contributed by atoms with Crippen LogP contribution in [0.5, 0.6) is 0 Å². The van der Waals surface area contributed by atoms with E-state index in [1.165, 1.54) is 35.7 Å². The molecule has 0 atom stereocenters. The molecule has 2 aromatic rings. The summed E-state index contributed by atoms with van der Waals surface area (Å²) in [4.78, 5) is 24.5. The summed E-state index contributed by atoms with van der Waals surface area (Å²) in [7, 11) is -2.66. The van der Waals surface area contributed by atoms with Crippen molar-refractivity contribution in [3.05, 3.63) is 59.7 Å². The third-order valence-corrected chi connectivity index (χ3v) is 7.38. The van der Waals surface area contributed by atoms with Gasteiger partial charge in [-0.25, -0.2) is 13.2 Å². The Kier molecular flexibility index (Phi) is 7.46. The number of hydrogen-bond acceptors (Lipinski definition) is 5. The zero-order chi connectivity index (χ0) is 22.4. The van der Waals surface area contributed by atoms with E-state index in [1.807, 2.05) is 25.1 Å². The van der Waals surface area contributed by atoms with E-state index >= 15 is 0 Å². The van der Waals surface area contributed by atoms with Crippen molar-refractivity contribution in [1.82, 2.24) is 4.31 Å². The molecule has 0 aliphatic heterocycles. The van der Waals surface area contributed by atoms with E-state index < -0.39 is 16.0 Å². The van der Waals surface area contributed by atoms with Crippen LogP contribution in [-0.4, -0.2) is 44.3 Å². The first-order valence-electron chi connectivity index (χ1n) is 10.4. The van der Waals surface area contributed by atoms with Crippen LogP contribution in [0.3, 0.4) is 0 Å². The molecule has 1 N–H and O–H groups in total.